The average molecular weight is 531 g/mol. The van der Waals surface area contributed by atoms with Crippen LogP contribution in [0.5, 0.6) is 0 Å². The smallest absolute Gasteiger partial charge is 0.00266 e. The van der Waals surface area contributed by atoms with Gasteiger partial charge in [0.25, 0.3) is 0 Å². The topological polar surface area (TPSA) is 0 Å². The van der Waals surface area contributed by atoms with Gasteiger partial charge >= 0.3 is 0 Å². The van der Waals surface area contributed by atoms with Crippen molar-refractivity contribution < 1.29 is 0 Å². The molecule has 0 heteroatoms. The maximum absolute atomic E-state index is 2.38. The monoisotopic (exact) mass is 530 g/mol. The van der Waals surface area contributed by atoms with Crippen LogP contribution < -0.4 is 0 Å². The minimum Gasteiger partial charge on any atom is -0.0616 e. The Labute approximate surface area is 244 Å². The van der Waals surface area contributed by atoms with E-state index in [1.165, 1.54) is 86.9 Å². The zero-order chi connectivity index (χ0) is 27.6. The molecule has 9 aromatic rings. The van der Waals surface area contributed by atoms with Crippen molar-refractivity contribution in [3.63, 3.8) is 0 Å². The minimum absolute atomic E-state index is 1.24. The molecule has 0 aliphatic rings. The zero-order valence-corrected chi connectivity index (χ0v) is 23.0. The Hall–Kier alpha value is -5.46. The van der Waals surface area contributed by atoms with Crippen LogP contribution in [0.25, 0.3) is 86.9 Å². The van der Waals surface area contributed by atoms with Gasteiger partial charge in [-0.05, 0) is 111 Å². The molecule has 194 valence electrons. The first-order valence-corrected chi connectivity index (χ1v) is 14.6. The van der Waals surface area contributed by atoms with Gasteiger partial charge in [-0.15, -0.1) is 0 Å². The van der Waals surface area contributed by atoms with Gasteiger partial charge < -0.3 is 0 Å². The molecule has 0 spiro atoms. The Bertz CT molecular complexity index is 2510. The minimum atomic E-state index is 1.24. The SMILES string of the molecule is c1ccc2cc(-c3ccc4c(ccc5cc(-c6ccc7ccc8ccc9ccccc9c8c7c6)ccc54)c3)ccc2c1. The van der Waals surface area contributed by atoms with Gasteiger partial charge in [0.05, 0.1) is 0 Å². The van der Waals surface area contributed by atoms with Crippen molar-refractivity contribution in [2.24, 2.45) is 0 Å². The van der Waals surface area contributed by atoms with Crippen LogP contribution in [0.1, 0.15) is 0 Å². The van der Waals surface area contributed by atoms with Crippen LogP contribution in [0.4, 0.5) is 0 Å². The van der Waals surface area contributed by atoms with Gasteiger partial charge in [0.2, 0.25) is 0 Å². The molecular weight excluding hydrogens is 504 g/mol. The first kappa shape index (κ1) is 23.3. The molecule has 0 unspecified atom stereocenters. The Kier molecular flexibility index (Phi) is 5.00. The normalized spacial score (nSPS) is 11.8. The number of hydrogen-bond donors (Lipinski definition) is 0. The summed E-state index contributed by atoms with van der Waals surface area (Å²) in [6.07, 6.45) is 0. The van der Waals surface area contributed by atoms with E-state index in [0.717, 1.165) is 0 Å². The molecule has 0 fully saturated rings. The molecule has 42 heavy (non-hydrogen) atoms. The maximum Gasteiger partial charge on any atom is -0.00266 e. The van der Waals surface area contributed by atoms with Crippen molar-refractivity contribution in [3.05, 3.63) is 158 Å². The number of fused-ring (bicyclic) bond motifs is 9. The highest BCUT2D eigenvalue weighted by atomic mass is 14.1. The molecule has 0 aliphatic heterocycles. The lowest BCUT2D eigenvalue weighted by atomic mass is 9.92. The van der Waals surface area contributed by atoms with Crippen molar-refractivity contribution in [1.29, 1.82) is 0 Å². The molecule has 0 amide bonds. The van der Waals surface area contributed by atoms with Crippen LogP contribution in [0.2, 0.25) is 0 Å². The lowest BCUT2D eigenvalue weighted by Crippen LogP contribution is -1.85. The Balaban J connectivity index is 1.16. The van der Waals surface area contributed by atoms with Crippen LogP contribution in [0.3, 0.4) is 0 Å². The Morgan fingerprint density at radius 1 is 0.214 bits per heavy atom. The quantitative estimate of drug-likeness (QED) is 0.195. The average Bonchev–Trinajstić information content (AvgIpc) is 3.06. The molecule has 0 bridgehead atoms. The summed E-state index contributed by atoms with van der Waals surface area (Å²) in [7, 11) is 0. The highest BCUT2D eigenvalue weighted by molar-refractivity contribution is 6.20. The van der Waals surface area contributed by atoms with Crippen molar-refractivity contribution in [1.82, 2.24) is 0 Å². The molecule has 0 aromatic heterocycles. The van der Waals surface area contributed by atoms with E-state index in [4.69, 9.17) is 0 Å². The van der Waals surface area contributed by atoms with Crippen molar-refractivity contribution >= 4 is 64.6 Å². The first-order valence-electron chi connectivity index (χ1n) is 14.6. The van der Waals surface area contributed by atoms with E-state index in [1.807, 2.05) is 0 Å². The van der Waals surface area contributed by atoms with E-state index in [-0.39, 0.29) is 0 Å². The van der Waals surface area contributed by atoms with Crippen LogP contribution in [0, 0.1) is 0 Å². The van der Waals surface area contributed by atoms with E-state index in [0.29, 0.717) is 0 Å². The van der Waals surface area contributed by atoms with Gasteiger partial charge in [-0.1, -0.05) is 133 Å². The highest BCUT2D eigenvalue weighted by Crippen LogP contribution is 2.37. The lowest BCUT2D eigenvalue weighted by molar-refractivity contribution is 1.67. The summed E-state index contributed by atoms with van der Waals surface area (Å²) in [5, 5.41) is 15.5. The fourth-order valence-corrected chi connectivity index (χ4v) is 6.80. The summed E-state index contributed by atoms with van der Waals surface area (Å²) >= 11 is 0. The molecule has 0 saturated heterocycles. The zero-order valence-electron chi connectivity index (χ0n) is 23.0. The Morgan fingerprint density at radius 2 is 0.643 bits per heavy atom. The second-order valence-electron chi connectivity index (χ2n) is 11.4. The van der Waals surface area contributed by atoms with Crippen molar-refractivity contribution in [2.45, 2.75) is 0 Å². The van der Waals surface area contributed by atoms with Crippen molar-refractivity contribution in [3.8, 4) is 22.3 Å². The van der Waals surface area contributed by atoms with E-state index in [1.54, 1.807) is 0 Å². The largest absolute Gasteiger partial charge is 0.0616 e. The number of benzene rings is 9. The Morgan fingerprint density at radius 3 is 1.33 bits per heavy atom. The maximum atomic E-state index is 2.38. The third-order valence-electron chi connectivity index (χ3n) is 8.98. The third kappa shape index (κ3) is 3.62. The van der Waals surface area contributed by atoms with Gasteiger partial charge in [-0.3, -0.25) is 0 Å². The van der Waals surface area contributed by atoms with E-state index >= 15 is 0 Å². The first-order chi connectivity index (χ1) is 20.8. The van der Waals surface area contributed by atoms with Gasteiger partial charge in [0, 0.05) is 0 Å². The molecule has 0 atom stereocenters. The second kappa shape index (κ2) is 9.03. The van der Waals surface area contributed by atoms with E-state index in [9.17, 15) is 0 Å². The lowest BCUT2D eigenvalue weighted by Gasteiger charge is -2.12. The molecule has 0 radical (unpaired) electrons. The van der Waals surface area contributed by atoms with Crippen LogP contribution >= 0.6 is 0 Å². The summed E-state index contributed by atoms with van der Waals surface area (Å²) < 4.78 is 0. The van der Waals surface area contributed by atoms with Gasteiger partial charge in [0.1, 0.15) is 0 Å². The number of rotatable bonds is 2. The fourth-order valence-electron chi connectivity index (χ4n) is 6.80. The second-order valence-corrected chi connectivity index (χ2v) is 11.4. The van der Waals surface area contributed by atoms with E-state index < -0.39 is 0 Å². The van der Waals surface area contributed by atoms with Gasteiger partial charge in [-0.25, -0.2) is 0 Å². The molecule has 0 heterocycles. The molecule has 0 nitrogen and oxygen atoms in total. The van der Waals surface area contributed by atoms with Gasteiger partial charge in [-0.2, -0.15) is 0 Å². The van der Waals surface area contributed by atoms with Crippen LogP contribution in [-0.2, 0) is 0 Å². The van der Waals surface area contributed by atoms with Crippen molar-refractivity contribution in [2.75, 3.05) is 0 Å². The summed E-state index contributed by atoms with van der Waals surface area (Å²) in [4.78, 5) is 0. The molecule has 0 N–H and O–H groups in total. The fraction of sp³-hybridized carbons (Fsp3) is 0. The molecular formula is C42H26. The number of hydrogen-bond acceptors (Lipinski definition) is 0. The molecule has 0 aliphatic carbocycles. The summed E-state index contributed by atoms with van der Waals surface area (Å²) in [6.45, 7) is 0. The highest BCUT2D eigenvalue weighted by Gasteiger charge is 2.09. The molecule has 9 aromatic carbocycles. The van der Waals surface area contributed by atoms with Crippen LogP contribution in [0.15, 0.2) is 158 Å². The molecule has 0 saturated carbocycles. The predicted molar refractivity (Wildman–Crippen MR) is 182 cm³/mol. The van der Waals surface area contributed by atoms with Gasteiger partial charge in [0.15, 0.2) is 0 Å². The standard InChI is InChI=1S/C42H26/c1-2-7-31-23-32(15-9-27(31)5-1)33-19-21-38-36(24-33)17-18-37-25-34(20-22-39(37)38)35-16-12-29-11-14-30-13-10-28-6-3-4-8-40(28)42(30)41(29)26-35/h1-26H. The predicted octanol–water partition coefficient (Wildman–Crippen LogP) is 11.9. The molecule has 9 rings (SSSR count). The van der Waals surface area contributed by atoms with E-state index in [2.05, 4.69) is 158 Å². The third-order valence-corrected chi connectivity index (χ3v) is 8.98. The van der Waals surface area contributed by atoms with Crippen LogP contribution in [-0.4, -0.2) is 0 Å². The summed E-state index contributed by atoms with van der Waals surface area (Å²) in [5.74, 6) is 0. The summed E-state index contributed by atoms with van der Waals surface area (Å²) in [6, 6.07) is 58.2. The summed E-state index contributed by atoms with van der Waals surface area (Å²) in [5.41, 5.74) is 4.99.